The Balaban J connectivity index is 1.91. The van der Waals surface area contributed by atoms with Gasteiger partial charge in [0.1, 0.15) is 5.82 Å². The number of nitrogens with zero attached hydrogens (tertiary/aromatic N) is 2. The van der Waals surface area contributed by atoms with Crippen molar-refractivity contribution in [1.82, 2.24) is 9.55 Å². The first-order valence-corrected chi connectivity index (χ1v) is 6.98. The quantitative estimate of drug-likeness (QED) is 0.799. The molecule has 2 aromatic carbocycles. The molecule has 0 bridgehead atoms. The molecule has 2 N–H and O–H groups in total. The van der Waals surface area contributed by atoms with Crippen molar-refractivity contribution in [1.29, 1.82) is 0 Å². The highest BCUT2D eigenvalue weighted by atomic mass is 19.1. The lowest BCUT2D eigenvalue weighted by Crippen LogP contribution is -2.17. The van der Waals surface area contributed by atoms with E-state index in [1.54, 1.807) is 12.1 Å². The number of benzene rings is 2. The predicted octanol–water partition coefficient (Wildman–Crippen LogP) is 3.49. The van der Waals surface area contributed by atoms with Gasteiger partial charge in [-0.15, -0.1) is 0 Å². The summed E-state index contributed by atoms with van der Waals surface area (Å²) < 4.78 is 15.0. The molecule has 3 rings (SSSR count). The molecule has 108 valence electrons. The van der Waals surface area contributed by atoms with Crippen molar-refractivity contribution in [2.75, 3.05) is 0 Å². The second kappa shape index (κ2) is 5.30. The highest BCUT2D eigenvalue weighted by molar-refractivity contribution is 5.77. The Kier molecular flexibility index (Phi) is 3.47. The molecule has 0 saturated heterocycles. The number of aromatic nitrogens is 2. The minimum Gasteiger partial charge on any atom is -0.329 e. The van der Waals surface area contributed by atoms with Gasteiger partial charge in [-0.1, -0.05) is 12.1 Å². The summed E-state index contributed by atoms with van der Waals surface area (Å²) in [6.45, 7) is 4.79. The van der Waals surface area contributed by atoms with Crippen LogP contribution < -0.4 is 5.73 Å². The van der Waals surface area contributed by atoms with Crippen molar-refractivity contribution in [3.05, 3.63) is 65.2 Å². The van der Waals surface area contributed by atoms with Gasteiger partial charge in [0, 0.05) is 12.6 Å². The first kappa shape index (κ1) is 13.8. The Labute approximate surface area is 123 Å². The van der Waals surface area contributed by atoms with Crippen molar-refractivity contribution < 1.29 is 4.39 Å². The van der Waals surface area contributed by atoms with Crippen LogP contribution in [0.15, 0.2) is 42.7 Å². The molecule has 0 aliphatic rings. The maximum Gasteiger partial charge on any atom is 0.123 e. The van der Waals surface area contributed by atoms with E-state index in [0.717, 1.165) is 16.6 Å². The number of rotatable bonds is 3. The molecule has 4 heteroatoms. The molecule has 3 aromatic rings. The fraction of sp³-hybridized carbons (Fsp3) is 0.235. The zero-order valence-corrected chi connectivity index (χ0v) is 12.2. The van der Waals surface area contributed by atoms with Gasteiger partial charge < -0.3 is 10.3 Å². The predicted molar refractivity (Wildman–Crippen MR) is 82.5 cm³/mol. The van der Waals surface area contributed by atoms with E-state index < -0.39 is 0 Å². The van der Waals surface area contributed by atoms with Gasteiger partial charge in [0.25, 0.3) is 0 Å². The van der Waals surface area contributed by atoms with E-state index in [1.165, 1.54) is 23.3 Å². The minimum absolute atomic E-state index is 0.190. The molecule has 0 radical (unpaired) electrons. The number of fused-ring (bicyclic) bond motifs is 1. The van der Waals surface area contributed by atoms with Crippen LogP contribution in [-0.2, 0) is 6.54 Å². The van der Waals surface area contributed by atoms with Crippen LogP contribution in [0, 0.1) is 19.7 Å². The van der Waals surface area contributed by atoms with Crippen LogP contribution in [0.2, 0.25) is 0 Å². The number of imidazole rings is 1. The smallest absolute Gasteiger partial charge is 0.123 e. The maximum atomic E-state index is 13.0. The number of hydrogen-bond acceptors (Lipinski definition) is 2. The summed E-state index contributed by atoms with van der Waals surface area (Å²) in [6.07, 6.45) is 1.81. The summed E-state index contributed by atoms with van der Waals surface area (Å²) in [5.41, 5.74) is 11.7. The summed E-state index contributed by atoms with van der Waals surface area (Å²) >= 11 is 0. The molecule has 0 aliphatic carbocycles. The van der Waals surface area contributed by atoms with E-state index in [4.69, 9.17) is 5.73 Å². The standard InChI is InChI=1S/C17H18FN3/c1-11-7-16-17(8-12(11)2)21(10-20-16)9-15(19)13-3-5-14(18)6-4-13/h3-8,10,15H,9,19H2,1-2H3. The molecule has 1 atom stereocenters. The zero-order chi connectivity index (χ0) is 15.0. The lowest BCUT2D eigenvalue weighted by molar-refractivity contribution is 0.584. The molecular formula is C17H18FN3. The monoisotopic (exact) mass is 283 g/mol. The van der Waals surface area contributed by atoms with E-state index in [0.29, 0.717) is 6.54 Å². The Bertz CT molecular complexity index is 775. The van der Waals surface area contributed by atoms with Crippen LogP contribution in [0.4, 0.5) is 4.39 Å². The molecular weight excluding hydrogens is 265 g/mol. The number of aryl methyl sites for hydroxylation is 2. The van der Waals surface area contributed by atoms with Crippen LogP contribution >= 0.6 is 0 Å². The second-order valence-corrected chi connectivity index (χ2v) is 5.48. The molecule has 0 spiro atoms. The van der Waals surface area contributed by atoms with E-state index in [1.807, 2.05) is 6.33 Å². The van der Waals surface area contributed by atoms with Gasteiger partial charge in [-0.3, -0.25) is 0 Å². The van der Waals surface area contributed by atoms with E-state index in [9.17, 15) is 4.39 Å². The maximum absolute atomic E-state index is 13.0. The van der Waals surface area contributed by atoms with Gasteiger partial charge >= 0.3 is 0 Å². The topological polar surface area (TPSA) is 43.8 Å². The Morgan fingerprint density at radius 3 is 2.52 bits per heavy atom. The SMILES string of the molecule is Cc1cc2ncn(CC(N)c3ccc(F)cc3)c2cc1C. The van der Waals surface area contributed by atoms with E-state index in [2.05, 4.69) is 35.5 Å². The third-order valence-corrected chi connectivity index (χ3v) is 3.93. The fourth-order valence-electron chi connectivity index (χ4n) is 2.49. The summed E-state index contributed by atoms with van der Waals surface area (Å²) in [5.74, 6) is -0.245. The number of nitrogens with two attached hydrogens (primary N) is 1. The van der Waals surface area contributed by atoms with E-state index >= 15 is 0 Å². The van der Waals surface area contributed by atoms with Crippen molar-refractivity contribution >= 4 is 11.0 Å². The highest BCUT2D eigenvalue weighted by Gasteiger charge is 2.10. The van der Waals surface area contributed by atoms with Gasteiger partial charge in [0.05, 0.1) is 17.4 Å². The molecule has 1 aromatic heterocycles. The summed E-state index contributed by atoms with van der Waals surface area (Å²) in [4.78, 5) is 4.43. The number of hydrogen-bond donors (Lipinski definition) is 1. The molecule has 1 heterocycles. The highest BCUT2D eigenvalue weighted by Crippen LogP contribution is 2.21. The normalized spacial score (nSPS) is 12.8. The Morgan fingerprint density at radius 1 is 1.14 bits per heavy atom. The lowest BCUT2D eigenvalue weighted by atomic mass is 10.1. The van der Waals surface area contributed by atoms with Crippen LogP contribution in [0.25, 0.3) is 11.0 Å². The van der Waals surface area contributed by atoms with Gasteiger partial charge in [0.2, 0.25) is 0 Å². The van der Waals surface area contributed by atoms with Crippen molar-refractivity contribution in [3.63, 3.8) is 0 Å². The summed E-state index contributed by atoms with van der Waals surface area (Å²) in [6, 6.07) is 10.4. The average Bonchev–Trinajstić information content (AvgIpc) is 2.82. The largest absolute Gasteiger partial charge is 0.329 e. The summed E-state index contributed by atoms with van der Waals surface area (Å²) in [5, 5.41) is 0. The first-order chi connectivity index (χ1) is 10.0. The Morgan fingerprint density at radius 2 is 1.81 bits per heavy atom. The zero-order valence-electron chi connectivity index (χ0n) is 12.2. The van der Waals surface area contributed by atoms with Crippen LogP contribution in [-0.4, -0.2) is 9.55 Å². The Hall–Kier alpha value is -2.20. The van der Waals surface area contributed by atoms with Gasteiger partial charge in [-0.25, -0.2) is 9.37 Å². The van der Waals surface area contributed by atoms with Crippen molar-refractivity contribution in [2.24, 2.45) is 5.73 Å². The van der Waals surface area contributed by atoms with Crippen molar-refractivity contribution in [2.45, 2.75) is 26.4 Å². The van der Waals surface area contributed by atoms with Gasteiger partial charge in [-0.05, 0) is 54.8 Å². The third-order valence-electron chi connectivity index (χ3n) is 3.93. The minimum atomic E-state index is -0.245. The summed E-state index contributed by atoms with van der Waals surface area (Å²) in [7, 11) is 0. The molecule has 3 nitrogen and oxygen atoms in total. The fourth-order valence-corrected chi connectivity index (χ4v) is 2.49. The van der Waals surface area contributed by atoms with Crippen LogP contribution in [0.5, 0.6) is 0 Å². The lowest BCUT2D eigenvalue weighted by Gasteiger charge is -2.14. The second-order valence-electron chi connectivity index (χ2n) is 5.48. The average molecular weight is 283 g/mol. The van der Waals surface area contributed by atoms with Gasteiger partial charge in [-0.2, -0.15) is 0 Å². The first-order valence-electron chi connectivity index (χ1n) is 6.98. The van der Waals surface area contributed by atoms with E-state index in [-0.39, 0.29) is 11.9 Å². The third kappa shape index (κ3) is 2.67. The van der Waals surface area contributed by atoms with Gasteiger partial charge in [0.15, 0.2) is 0 Å². The molecule has 0 saturated carbocycles. The molecule has 0 fully saturated rings. The molecule has 0 aliphatic heterocycles. The molecule has 1 unspecified atom stereocenters. The van der Waals surface area contributed by atoms with Crippen molar-refractivity contribution in [3.8, 4) is 0 Å². The van der Waals surface area contributed by atoms with Crippen LogP contribution in [0.1, 0.15) is 22.7 Å². The van der Waals surface area contributed by atoms with Crippen LogP contribution in [0.3, 0.4) is 0 Å². The molecule has 0 amide bonds. The number of halogens is 1. The molecule has 21 heavy (non-hydrogen) atoms.